The van der Waals surface area contributed by atoms with E-state index in [-0.39, 0.29) is 0 Å². The topological polar surface area (TPSA) is 0 Å². The van der Waals surface area contributed by atoms with Crippen molar-refractivity contribution in [3.05, 3.63) is 91.0 Å². The standard InChI is InChI=1S/C22H24S/c1-19(2)18-23(20-12-6-3-7-13-20,21-14-8-4-9-15-21)22-16-10-5-11-17-22/h3-17,19H,18H2,1-2H3. The highest BCUT2D eigenvalue weighted by atomic mass is 32.3. The maximum Gasteiger partial charge on any atom is -0.00186 e. The highest BCUT2D eigenvalue weighted by Gasteiger charge is 2.31. The summed E-state index contributed by atoms with van der Waals surface area (Å²) < 4.78 is 0. The second-order valence-corrected chi connectivity index (χ2v) is 9.46. The molecule has 0 N–H and O–H groups in total. The van der Waals surface area contributed by atoms with Crippen molar-refractivity contribution >= 4 is 10.0 Å². The molecule has 0 nitrogen and oxygen atoms in total. The molecule has 23 heavy (non-hydrogen) atoms. The normalized spacial score (nSPS) is 12.3. The Morgan fingerprint density at radius 3 is 1.13 bits per heavy atom. The van der Waals surface area contributed by atoms with Crippen LogP contribution in [0.1, 0.15) is 13.8 Å². The van der Waals surface area contributed by atoms with Crippen LogP contribution in [0.4, 0.5) is 0 Å². The predicted molar refractivity (Wildman–Crippen MR) is 101 cm³/mol. The van der Waals surface area contributed by atoms with Crippen molar-refractivity contribution < 1.29 is 0 Å². The van der Waals surface area contributed by atoms with Crippen LogP contribution in [0.2, 0.25) is 0 Å². The smallest absolute Gasteiger partial charge is 0.00186 e. The average molecular weight is 321 g/mol. The lowest BCUT2D eigenvalue weighted by Crippen LogP contribution is -2.12. The lowest BCUT2D eigenvalue weighted by molar-refractivity contribution is 0.742. The fourth-order valence-electron chi connectivity index (χ4n) is 3.16. The van der Waals surface area contributed by atoms with Crippen molar-refractivity contribution in [1.82, 2.24) is 0 Å². The van der Waals surface area contributed by atoms with Gasteiger partial charge in [0.05, 0.1) is 0 Å². The average Bonchev–Trinajstić information content (AvgIpc) is 2.62. The molecule has 0 aliphatic rings. The Hall–Kier alpha value is -1.99. The summed E-state index contributed by atoms with van der Waals surface area (Å²) in [6.07, 6.45) is 0. The van der Waals surface area contributed by atoms with Crippen LogP contribution in [-0.2, 0) is 0 Å². The largest absolute Gasteiger partial charge is 0.160 e. The van der Waals surface area contributed by atoms with Crippen LogP contribution in [0.5, 0.6) is 0 Å². The Morgan fingerprint density at radius 2 is 0.870 bits per heavy atom. The van der Waals surface area contributed by atoms with Gasteiger partial charge in [0.2, 0.25) is 0 Å². The van der Waals surface area contributed by atoms with Crippen LogP contribution in [0.25, 0.3) is 0 Å². The van der Waals surface area contributed by atoms with Crippen molar-refractivity contribution in [2.75, 3.05) is 5.75 Å². The summed E-state index contributed by atoms with van der Waals surface area (Å²) in [6.45, 7) is 4.66. The van der Waals surface area contributed by atoms with Gasteiger partial charge >= 0.3 is 0 Å². The quantitative estimate of drug-likeness (QED) is 0.495. The van der Waals surface area contributed by atoms with E-state index in [9.17, 15) is 0 Å². The van der Waals surface area contributed by atoms with Gasteiger partial charge in [0.1, 0.15) is 0 Å². The van der Waals surface area contributed by atoms with Crippen LogP contribution in [-0.4, -0.2) is 5.75 Å². The number of hydrogen-bond acceptors (Lipinski definition) is 0. The summed E-state index contributed by atoms with van der Waals surface area (Å²) in [5.74, 6) is 1.80. The van der Waals surface area contributed by atoms with E-state index >= 15 is 0 Å². The summed E-state index contributed by atoms with van der Waals surface area (Å²) in [5.41, 5.74) is 0. The summed E-state index contributed by atoms with van der Waals surface area (Å²) in [5, 5.41) is 0. The van der Waals surface area contributed by atoms with Crippen LogP contribution in [0.3, 0.4) is 0 Å². The first-order valence-corrected chi connectivity index (χ1v) is 10.00. The SMILES string of the molecule is CC(C)CS(c1ccccc1)(c1ccccc1)c1ccccc1. The minimum Gasteiger partial charge on any atom is -0.160 e. The Bertz CT molecular complexity index is 621. The first kappa shape index (κ1) is 15.9. The zero-order chi connectivity index (χ0) is 16.1. The van der Waals surface area contributed by atoms with Gasteiger partial charge < -0.3 is 0 Å². The molecule has 118 valence electrons. The summed E-state index contributed by atoms with van der Waals surface area (Å²) in [7, 11) is -1.23. The molecule has 0 saturated heterocycles. The van der Waals surface area contributed by atoms with E-state index in [1.165, 1.54) is 20.4 Å². The van der Waals surface area contributed by atoms with Gasteiger partial charge in [-0.05, 0) is 62.8 Å². The van der Waals surface area contributed by atoms with Gasteiger partial charge in [-0.25, -0.2) is 0 Å². The molecule has 3 rings (SSSR count). The van der Waals surface area contributed by atoms with Gasteiger partial charge in [0.15, 0.2) is 0 Å². The van der Waals surface area contributed by atoms with Gasteiger partial charge in [-0.3, -0.25) is 0 Å². The van der Waals surface area contributed by atoms with E-state index in [1.807, 2.05) is 0 Å². The number of rotatable bonds is 5. The van der Waals surface area contributed by atoms with E-state index in [1.54, 1.807) is 0 Å². The van der Waals surface area contributed by atoms with E-state index in [0.29, 0.717) is 5.92 Å². The first-order valence-electron chi connectivity index (χ1n) is 8.20. The molecule has 0 fully saturated rings. The molecule has 0 spiro atoms. The predicted octanol–water partition coefficient (Wildman–Crippen LogP) is 6.62. The molecular weight excluding hydrogens is 296 g/mol. The van der Waals surface area contributed by atoms with Crippen molar-refractivity contribution in [3.63, 3.8) is 0 Å². The molecule has 0 saturated carbocycles. The lowest BCUT2D eigenvalue weighted by Gasteiger charge is -2.43. The molecule has 0 radical (unpaired) electrons. The molecule has 0 amide bonds. The third kappa shape index (κ3) is 3.20. The van der Waals surface area contributed by atoms with E-state index in [4.69, 9.17) is 0 Å². The molecular formula is C22H24S. The molecule has 0 bridgehead atoms. The van der Waals surface area contributed by atoms with Crippen LogP contribution in [0, 0.1) is 5.92 Å². The van der Waals surface area contributed by atoms with Gasteiger partial charge in [-0.1, -0.05) is 68.4 Å². The molecule has 1 heteroatoms. The highest BCUT2D eigenvalue weighted by molar-refractivity contribution is 8.33. The molecule has 0 aliphatic heterocycles. The molecule has 0 heterocycles. The Kier molecular flexibility index (Phi) is 4.88. The molecule has 0 aromatic heterocycles. The maximum atomic E-state index is 2.33. The Labute approximate surface area is 141 Å². The summed E-state index contributed by atoms with van der Waals surface area (Å²) in [6, 6.07) is 33.2. The van der Waals surface area contributed by atoms with Crippen LogP contribution >= 0.6 is 10.0 Å². The fourth-order valence-corrected chi connectivity index (χ4v) is 7.41. The Morgan fingerprint density at radius 1 is 0.565 bits per heavy atom. The second kappa shape index (κ2) is 7.06. The fraction of sp³-hybridized carbons (Fsp3) is 0.182. The van der Waals surface area contributed by atoms with E-state index in [0.717, 1.165) is 0 Å². The minimum atomic E-state index is -1.23. The second-order valence-electron chi connectivity index (χ2n) is 6.24. The van der Waals surface area contributed by atoms with Crippen LogP contribution in [0.15, 0.2) is 106 Å². The molecule has 3 aromatic carbocycles. The number of hydrogen-bond donors (Lipinski definition) is 0. The molecule has 0 atom stereocenters. The highest BCUT2D eigenvalue weighted by Crippen LogP contribution is 2.68. The monoisotopic (exact) mass is 320 g/mol. The molecule has 3 aromatic rings. The lowest BCUT2D eigenvalue weighted by atomic mass is 10.3. The minimum absolute atomic E-state index is 0.630. The third-order valence-electron chi connectivity index (χ3n) is 4.02. The third-order valence-corrected chi connectivity index (χ3v) is 8.42. The Balaban J connectivity index is 2.30. The first-order chi connectivity index (χ1) is 11.2. The van der Waals surface area contributed by atoms with Crippen molar-refractivity contribution in [1.29, 1.82) is 0 Å². The maximum absolute atomic E-state index is 2.33. The summed E-state index contributed by atoms with van der Waals surface area (Å²) >= 11 is 0. The summed E-state index contributed by atoms with van der Waals surface area (Å²) in [4.78, 5) is 4.35. The van der Waals surface area contributed by atoms with Crippen molar-refractivity contribution in [2.24, 2.45) is 5.92 Å². The molecule has 0 unspecified atom stereocenters. The van der Waals surface area contributed by atoms with E-state index < -0.39 is 10.0 Å². The van der Waals surface area contributed by atoms with Gasteiger partial charge in [0, 0.05) is 0 Å². The van der Waals surface area contributed by atoms with Crippen molar-refractivity contribution in [2.45, 2.75) is 28.5 Å². The van der Waals surface area contributed by atoms with Crippen molar-refractivity contribution in [3.8, 4) is 0 Å². The van der Waals surface area contributed by atoms with Gasteiger partial charge in [-0.2, -0.15) is 10.0 Å². The van der Waals surface area contributed by atoms with Crippen LogP contribution < -0.4 is 0 Å². The van der Waals surface area contributed by atoms with Gasteiger partial charge in [-0.15, -0.1) is 0 Å². The van der Waals surface area contributed by atoms with E-state index in [2.05, 4.69) is 105 Å². The number of benzene rings is 3. The molecule has 0 aliphatic carbocycles. The zero-order valence-corrected chi connectivity index (χ0v) is 14.7. The zero-order valence-electron chi connectivity index (χ0n) is 13.9. The van der Waals surface area contributed by atoms with Gasteiger partial charge in [0.25, 0.3) is 0 Å².